The van der Waals surface area contributed by atoms with Gasteiger partial charge in [-0.3, -0.25) is 0 Å². The average molecular weight is 233 g/mol. The van der Waals surface area contributed by atoms with Gasteiger partial charge >= 0.3 is 0 Å². The summed E-state index contributed by atoms with van der Waals surface area (Å²) in [5, 5.41) is 7.22. The van der Waals surface area contributed by atoms with Gasteiger partial charge in [0.05, 0.1) is 6.54 Å². The van der Waals surface area contributed by atoms with Crippen molar-refractivity contribution >= 4 is 0 Å². The molecule has 1 N–H and O–H groups in total. The van der Waals surface area contributed by atoms with E-state index in [1.807, 2.05) is 17.7 Å². The van der Waals surface area contributed by atoms with Crippen molar-refractivity contribution < 1.29 is 4.52 Å². The Morgan fingerprint density at radius 3 is 3.12 bits per heavy atom. The van der Waals surface area contributed by atoms with Crippen molar-refractivity contribution in [2.45, 2.75) is 38.9 Å². The van der Waals surface area contributed by atoms with Crippen LogP contribution in [0.15, 0.2) is 16.9 Å². The topological polar surface area (TPSA) is 68.8 Å². The van der Waals surface area contributed by atoms with E-state index in [1.54, 1.807) is 6.20 Å². The number of hydrogen-bond acceptors (Lipinski definition) is 5. The van der Waals surface area contributed by atoms with Gasteiger partial charge in [0.1, 0.15) is 12.4 Å². The third kappa shape index (κ3) is 2.52. The molecule has 17 heavy (non-hydrogen) atoms. The summed E-state index contributed by atoms with van der Waals surface area (Å²) >= 11 is 0. The van der Waals surface area contributed by atoms with Crippen LogP contribution < -0.4 is 5.32 Å². The normalized spacial score (nSPS) is 15.4. The number of imidazole rings is 1. The average Bonchev–Trinajstić information content (AvgIpc) is 2.90. The molecule has 1 saturated carbocycles. The van der Waals surface area contributed by atoms with Crippen LogP contribution in [0.2, 0.25) is 0 Å². The highest BCUT2D eigenvalue weighted by atomic mass is 16.5. The van der Waals surface area contributed by atoms with Crippen molar-refractivity contribution in [1.82, 2.24) is 25.0 Å². The lowest BCUT2D eigenvalue weighted by Crippen LogP contribution is -2.19. The molecule has 2 heterocycles. The molecule has 0 atom stereocenters. The lowest BCUT2D eigenvalue weighted by molar-refractivity contribution is 0.365. The van der Waals surface area contributed by atoms with Crippen LogP contribution in [0, 0.1) is 6.92 Å². The highest BCUT2D eigenvalue weighted by Crippen LogP contribution is 2.19. The van der Waals surface area contributed by atoms with Crippen LogP contribution in [0.4, 0.5) is 0 Å². The quantitative estimate of drug-likeness (QED) is 0.830. The second-order valence-electron chi connectivity index (χ2n) is 4.36. The summed E-state index contributed by atoms with van der Waals surface area (Å²) < 4.78 is 7.13. The molecule has 3 rings (SSSR count). The van der Waals surface area contributed by atoms with Gasteiger partial charge in [-0.05, 0) is 19.8 Å². The predicted molar refractivity (Wildman–Crippen MR) is 60.2 cm³/mol. The molecule has 1 aliphatic rings. The molecule has 1 fully saturated rings. The number of nitrogens with one attached hydrogen (secondary N) is 1. The number of hydrogen-bond donors (Lipinski definition) is 1. The van der Waals surface area contributed by atoms with Crippen LogP contribution in [0.5, 0.6) is 0 Å². The molecule has 6 heteroatoms. The van der Waals surface area contributed by atoms with Crippen molar-refractivity contribution in [2.24, 2.45) is 0 Å². The van der Waals surface area contributed by atoms with Crippen molar-refractivity contribution in [3.63, 3.8) is 0 Å². The molecular weight excluding hydrogens is 218 g/mol. The lowest BCUT2D eigenvalue weighted by atomic mass is 10.5. The zero-order valence-corrected chi connectivity index (χ0v) is 9.76. The zero-order valence-electron chi connectivity index (χ0n) is 9.76. The minimum Gasteiger partial charge on any atom is -0.337 e. The summed E-state index contributed by atoms with van der Waals surface area (Å²) in [4.78, 5) is 8.52. The lowest BCUT2D eigenvalue weighted by Gasteiger charge is -2.05. The maximum absolute atomic E-state index is 5.10. The summed E-state index contributed by atoms with van der Waals surface area (Å²) in [6, 6.07) is 0.686. The van der Waals surface area contributed by atoms with E-state index in [1.165, 1.54) is 12.8 Å². The molecule has 0 saturated heterocycles. The van der Waals surface area contributed by atoms with Crippen molar-refractivity contribution in [3.8, 4) is 0 Å². The molecule has 0 radical (unpaired) electrons. The van der Waals surface area contributed by atoms with Gasteiger partial charge in [0, 0.05) is 18.4 Å². The minimum atomic E-state index is 0.586. The fourth-order valence-electron chi connectivity index (χ4n) is 1.72. The Morgan fingerprint density at radius 2 is 2.41 bits per heavy atom. The Kier molecular flexibility index (Phi) is 2.64. The van der Waals surface area contributed by atoms with Gasteiger partial charge in [0.15, 0.2) is 5.82 Å². The molecule has 90 valence electrons. The second-order valence-corrected chi connectivity index (χ2v) is 4.36. The predicted octanol–water partition coefficient (Wildman–Crippen LogP) is 0.875. The molecule has 2 aromatic rings. The van der Waals surface area contributed by atoms with E-state index in [2.05, 4.69) is 20.4 Å². The van der Waals surface area contributed by atoms with Crippen LogP contribution in [0.3, 0.4) is 0 Å². The van der Waals surface area contributed by atoms with Crippen LogP contribution in [-0.2, 0) is 13.1 Å². The Morgan fingerprint density at radius 1 is 1.53 bits per heavy atom. The SMILES string of the molecule is Cc1noc(Cn2ccnc2CNC2CC2)n1. The fourth-order valence-corrected chi connectivity index (χ4v) is 1.72. The van der Waals surface area contributed by atoms with Gasteiger partial charge in [0.2, 0.25) is 5.89 Å². The third-order valence-electron chi connectivity index (χ3n) is 2.80. The molecule has 0 bridgehead atoms. The third-order valence-corrected chi connectivity index (χ3v) is 2.80. The summed E-state index contributed by atoms with van der Waals surface area (Å²) in [6.07, 6.45) is 6.30. The van der Waals surface area contributed by atoms with Gasteiger partial charge in [0.25, 0.3) is 0 Å². The Labute approximate surface area is 99.0 Å². The molecule has 6 nitrogen and oxygen atoms in total. The zero-order chi connectivity index (χ0) is 11.7. The molecule has 0 spiro atoms. The van der Waals surface area contributed by atoms with E-state index in [9.17, 15) is 0 Å². The standard InChI is InChI=1S/C11H15N5O/c1-8-14-11(17-15-8)7-16-5-4-12-10(16)6-13-9-2-3-9/h4-5,9,13H,2-3,6-7H2,1H3. The summed E-state index contributed by atoms with van der Waals surface area (Å²) in [5.74, 6) is 2.29. The van der Waals surface area contributed by atoms with E-state index in [-0.39, 0.29) is 0 Å². The van der Waals surface area contributed by atoms with Crippen molar-refractivity contribution in [1.29, 1.82) is 0 Å². The van der Waals surface area contributed by atoms with Gasteiger partial charge in [-0.15, -0.1) is 0 Å². The van der Waals surface area contributed by atoms with Gasteiger partial charge in [-0.25, -0.2) is 4.98 Å². The first-order valence-electron chi connectivity index (χ1n) is 5.84. The van der Waals surface area contributed by atoms with E-state index in [0.717, 1.165) is 12.4 Å². The highest BCUT2D eigenvalue weighted by molar-refractivity contribution is 4.97. The van der Waals surface area contributed by atoms with Crippen LogP contribution in [0.1, 0.15) is 30.4 Å². The molecular formula is C11H15N5O. The Bertz CT molecular complexity index is 499. The first-order valence-corrected chi connectivity index (χ1v) is 5.84. The second kappa shape index (κ2) is 4.29. The maximum Gasteiger partial charge on any atom is 0.246 e. The maximum atomic E-state index is 5.10. The van der Waals surface area contributed by atoms with Crippen LogP contribution in [-0.4, -0.2) is 25.7 Å². The Balaban J connectivity index is 1.67. The minimum absolute atomic E-state index is 0.586. The smallest absolute Gasteiger partial charge is 0.246 e. The largest absolute Gasteiger partial charge is 0.337 e. The molecule has 0 amide bonds. The van der Waals surface area contributed by atoms with Crippen LogP contribution >= 0.6 is 0 Å². The molecule has 0 unspecified atom stereocenters. The van der Waals surface area contributed by atoms with Gasteiger partial charge < -0.3 is 14.4 Å². The number of aromatic nitrogens is 4. The molecule has 1 aliphatic carbocycles. The van der Waals surface area contributed by atoms with E-state index in [0.29, 0.717) is 24.3 Å². The van der Waals surface area contributed by atoms with E-state index < -0.39 is 0 Å². The van der Waals surface area contributed by atoms with Gasteiger partial charge in [-0.1, -0.05) is 5.16 Å². The molecule has 2 aromatic heterocycles. The monoisotopic (exact) mass is 233 g/mol. The van der Waals surface area contributed by atoms with Crippen LogP contribution in [0.25, 0.3) is 0 Å². The molecule has 0 aliphatic heterocycles. The fraction of sp³-hybridized carbons (Fsp3) is 0.545. The van der Waals surface area contributed by atoms with E-state index >= 15 is 0 Å². The summed E-state index contributed by atoms with van der Waals surface area (Å²) in [5.41, 5.74) is 0. The summed E-state index contributed by atoms with van der Waals surface area (Å²) in [7, 11) is 0. The summed E-state index contributed by atoms with van der Waals surface area (Å²) in [6.45, 7) is 3.20. The first kappa shape index (κ1) is 10.5. The molecule has 0 aromatic carbocycles. The number of nitrogens with zero attached hydrogens (tertiary/aromatic N) is 4. The van der Waals surface area contributed by atoms with Crippen molar-refractivity contribution in [3.05, 3.63) is 29.9 Å². The van der Waals surface area contributed by atoms with Gasteiger partial charge in [-0.2, -0.15) is 4.98 Å². The van der Waals surface area contributed by atoms with E-state index in [4.69, 9.17) is 4.52 Å². The highest BCUT2D eigenvalue weighted by Gasteiger charge is 2.20. The first-order chi connectivity index (χ1) is 8.31. The van der Waals surface area contributed by atoms with Crippen molar-refractivity contribution in [2.75, 3.05) is 0 Å². The number of rotatable bonds is 5. The number of aryl methyl sites for hydroxylation is 1. The Hall–Kier alpha value is -1.69.